The molecule has 0 bridgehead atoms. The van der Waals surface area contributed by atoms with Crippen LogP contribution in [0.2, 0.25) is 0 Å². The molecule has 0 aliphatic rings. The van der Waals surface area contributed by atoms with E-state index < -0.39 is 0 Å². The quantitative estimate of drug-likeness (QED) is 0.656. The van der Waals surface area contributed by atoms with Crippen molar-refractivity contribution in [1.82, 2.24) is 0 Å². The Balaban J connectivity index is 2.32. The highest BCUT2D eigenvalue weighted by molar-refractivity contribution is 5.06. The van der Waals surface area contributed by atoms with Gasteiger partial charge in [-0.05, 0) is 30.9 Å². The van der Waals surface area contributed by atoms with Crippen LogP contribution < -0.4 is 0 Å². The van der Waals surface area contributed by atoms with Crippen LogP contribution in [0.4, 0.5) is 0 Å². The van der Waals surface area contributed by atoms with Crippen molar-refractivity contribution in [3.05, 3.63) is 35.8 Å². The maximum absolute atomic E-state index is 5.48. The topological polar surface area (TPSA) is 13.1 Å². The summed E-state index contributed by atoms with van der Waals surface area (Å²) in [6, 6.07) is 4.07. The molecule has 0 aromatic carbocycles. The zero-order valence-corrected chi connectivity index (χ0v) is 9.63. The normalized spacial score (nSPS) is 12.6. The fourth-order valence-electron chi connectivity index (χ4n) is 1.28. The van der Waals surface area contributed by atoms with Gasteiger partial charge in [0, 0.05) is 6.42 Å². The van der Waals surface area contributed by atoms with Crippen LogP contribution in [-0.2, 0) is 6.42 Å². The third-order valence-corrected chi connectivity index (χ3v) is 1.97. The van der Waals surface area contributed by atoms with Crippen molar-refractivity contribution in [3.63, 3.8) is 0 Å². The molecular formula is C13H20O. The van der Waals surface area contributed by atoms with Crippen LogP contribution in [0.5, 0.6) is 0 Å². The molecule has 1 rings (SSSR count). The summed E-state index contributed by atoms with van der Waals surface area (Å²) < 4.78 is 5.48. The summed E-state index contributed by atoms with van der Waals surface area (Å²) in [5, 5.41) is 0. The SMILES string of the molecule is Cc1ccc(CC/C=C/C(C)(C)C)o1. The van der Waals surface area contributed by atoms with Crippen molar-refractivity contribution >= 4 is 0 Å². The molecular weight excluding hydrogens is 172 g/mol. The predicted octanol–water partition coefficient (Wildman–Crippen LogP) is 4.12. The summed E-state index contributed by atoms with van der Waals surface area (Å²) in [6.07, 6.45) is 6.55. The fraction of sp³-hybridized carbons (Fsp3) is 0.538. The smallest absolute Gasteiger partial charge is 0.104 e. The van der Waals surface area contributed by atoms with Crippen molar-refractivity contribution < 1.29 is 4.42 Å². The molecule has 78 valence electrons. The Morgan fingerprint density at radius 2 is 2.00 bits per heavy atom. The van der Waals surface area contributed by atoms with E-state index in [9.17, 15) is 0 Å². The van der Waals surface area contributed by atoms with Crippen molar-refractivity contribution in [2.24, 2.45) is 5.41 Å². The molecule has 0 amide bonds. The van der Waals surface area contributed by atoms with Gasteiger partial charge in [-0.1, -0.05) is 32.9 Å². The summed E-state index contributed by atoms with van der Waals surface area (Å²) in [6.45, 7) is 8.61. The number of hydrogen-bond donors (Lipinski definition) is 0. The van der Waals surface area contributed by atoms with Crippen LogP contribution in [0.15, 0.2) is 28.7 Å². The number of aryl methyl sites for hydroxylation is 2. The first-order valence-corrected chi connectivity index (χ1v) is 5.20. The third kappa shape index (κ3) is 4.31. The van der Waals surface area contributed by atoms with Crippen LogP contribution in [-0.4, -0.2) is 0 Å². The van der Waals surface area contributed by atoms with E-state index in [0.717, 1.165) is 24.4 Å². The standard InChI is InChI=1S/C13H20O/c1-11-8-9-12(14-11)7-5-6-10-13(2,3)4/h6,8-10H,5,7H2,1-4H3/b10-6+. The van der Waals surface area contributed by atoms with Crippen LogP contribution in [0, 0.1) is 12.3 Å². The second-order valence-corrected chi connectivity index (χ2v) is 4.82. The van der Waals surface area contributed by atoms with Gasteiger partial charge in [0.15, 0.2) is 0 Å². The van der Waals surface area contributed by atoms with E-state index in [4.69, 9.17) is 4.42 Å². The van der Waals surface area contributed by atoms with Gasteiger partial charge >= 0.3 is 0 Å². The molecule has 0 aliphatic carbocycles. The van der Waals surface area contributed by atoms with Crippen LogP contribution in [0.1, 0.15) is 38.7 Å². The van der Waals surface area contributed by atoms with Gasteiger partial charge in [0.2, 0.25) is 0 Å². The maximum atomic E-state index is 5.48. The summed E-state index contributed by atoms with van der Waals surface area (Å²) >= 11 is 0. The molecule has 1 aromatic heterocycles. The van der Waals surface area contributed by atoms with Gasteiger partial charge in [0.05, 0.1) is 0 Å². The zero-order valence-electron chi connectivity index (χ0n) is 9.63. The summed E-state index contributed by atoms with van der Waals surface area (Å²) in [5.74, 6) is 2.08. The molecule has 0 unspecified atom stereocenters. The fourth-order valence-corrected chi connectivity index (χ4v) is 1.28. The van der Waals surface area contributed by atoms with E-state index in [1.165, 1.54) is 0 Å². The van der Waals surface area contributed by atoms with E-state index in [0.29, 0.717) is 5.41 Å². The lowest BCUT2D eigenvalue weighted by Crippen LogP contribution is -1.98. The largest absolute Gasteiger partial charge is 0.466 e. The zero-order chi connectivity index (χ0) is 10.6. The van der Waals surface area contributed by atoms with Gasteiger partial charge in [-0.25, -0.2) is 0 Å². The Hall–Kier alpha value is -0.980. The van der Waals surface area contributed by atoms with Gasteiger partial charge in [-0.3, -0.25) is 0 Å². The molecule has 0 fully saturated rings. The molecule has 0 atom stereocenters. The number of allylic oxidation sites excluding steroid dienone is 2. The lowest BCUT2D eigenvalue weighted by Gasteiger charge is -2.10. The number of hydrogen-bond acceptors (Lipinski definition) is 1. The second kappa shape index (κ2) is 4.50. The summed E-state index contributed by atoms with van der Waals surface area (Å²) in [4.78, 5) is 0. The Kier molecular flexibility index (Phi) is 3.56. The molecule has 1 aromatic rings. The minimum absolute atomic E-state index is 0.291. The molecule has 0 radical (unpaired) electrons. The molecule has 0 saturated heterocycles. The monoisotopic (exact) mass is 192 g/mol. The first-order valence-electron chi connectivity index (χ1n) is 5.20. The van der Waals surface area contributed by atoms with E-state index in [2.05, 4.69) is 39.0 Å². The van der Waals surface area contributed by atoms with Gasteiger partial charge in [-0.2, -0.15) is 0 Å². The molecule has 0 saturated carbocycles. The highest BCUT2D eigenvalue weighted by Crippen LogP contribution is 2.15. The first-order chi connectivity index (χ1) is 6.47. The molecule has 14 heavy (non-hydrogen) atoms. The minimum atomic E-state index is 0.291. The van der Waals surface area contributed by atoms with Gasteiger partial charge in [-0.15, -0.1) is 0 Å². The van der Waals surface area contributed by atoms with Crippen molar-refractivity contribution in [2.45, 2.75) is 40.5 Å². The average molecular weight is 192 g/mol. The van der Waals surface area contributed by atoms with Gasteiger partial charge in [0.1, 0.15) is 11.5 Å². The Labute approximate surface area is 86.8 Å². The lowest BCUT2D eigenvalue weighted by atomic mass is 9.96. The highest BCUT2D eigenvalue weighted by atomic mass is 16.3. The van der Waals surface area contributed by atoms with E-state index >= 15 is 0 Å². The lowest BCUT2D eigenvalue weighted by molar-refractivity contribution is 0.482. The number of furan rings is 1. The van der Waals surface area contributed by atoms with Crippen molar-refractivity contribution in [1.29, 1.82) is 0 Å². The molecule has 1 nitrogen and oxygen atoms in total. The van der Waals surface area contributed by atoms with Crippen molar-refractivity contribution in [3.8, 4) is 0 Å². The van der Waals surface area contributed by atoms with E-state index in [-0.39, 0.29) is 0 Å². The van der Waals surface area contributed by atoms with Crippen molar-refractivity contribution in [2.75, 3.05) is 0 Å². The van der Waals surface area contributed by atoms with Gasteiger partial charge in [0.25, 0.3) is 0 Å². The second-order valence-electron chi connectivity index (χ2n) is 4.82. The molecule has 0 aliphatic heterocycles. The number of rotatable bonds is 3. The summed E-state index contributed by atoms with van der Waals surface area (Å²) in [5.41, 5.74) is 0.291. The van der Waals surface area contributed by atoms with Crippen LogP contribution in [0.3, 0.4) is 0 Å². The average Bonchev–Trinajstić information content (AvgIpc) is 2.44. The maximum Gasteiger partial charge on any atom is 0.104 e. The third-order valence-electron chi connectivity index (χ3n) is 1.97. The van der Waals surface area contributed by atoms with Crippen LogP contribution >= 0.6 is 0 Å². The first kappa shape index (κ1) is 11.1. The minimum Gasteiger partial charge on any atom is -0.466 e. The van der Waals surface area contributed by atoms with E-state index in [1.807, 2.05) is 13.0 Å². The van der Waals surface area contributed by atoms with Gasteiger partial charge < -0.3 is 4.42 Å². The Morgan fingerprint density at radius 1 is 1.29 bits per heavy atom. The summed E-state index contributed by atoms with van der Waals surface area (Å²) in [7, 11) is 0. The highest BCUT2D eigenvalue weighted by Gasteiger charge is 2.03. The molecule has 0 N–H and O–H groups in total. The molecule has 1 heterocycles. The predicted molar refractivity (Wildman–Crippen MR) is 60.4 cm³/mol. The van der Waals surface area contributed by atoms with E-state index in [1.54, 1.807) is 0 Å². The molecule has 1 heteroatoms. The Bertz CT molecular complexity index is 299. The molecule has 0 spiro atoms. The Morgan fingerprint density at radius 3 is 2.50 bits per heavy atom. The van der Waals surface area contributed by atoms with Crippen LogP contribution in [0.25, 0.3) is 0 Å².